The fourth-order valence-electron chi connectivity index (χ4n) is 19.9. The van der Waals surface area contributed by atoms with Gasteiger partial charge < -0.3 is 38.3 Å². The van der Waals surface area contributed by atoms with E-state index in [0.29, 0.717) is 73.8 Å². The van der Waals surface area contributed by atoms with Gasteiger partial charge in [0.05, 0.1) is 48.3 Å². The third kappa shape index (κ3) is 19.5. The standard InChI is InChI=1S/2C49H59ClN2O6SSi/c2*1-6-15-35(31-58-60(48(3,4)5,40-17-10-8-11-18-40)41-19-12-9-13-20-41)32-59(55,56)51-47(54)37-22-26-46-44(29-37)52(30-38-21-24-42(38)45(53)7-2)33-49(34-57-46)27-14-16-36-28-39(50)23-25-43(36)49/h2*6-13,17-20,22-23,25-26,28-29,35,38,42,45,53H,1-2,14-16,21,24,27,30-34H2,3-5H3,(H,51,54)/t35-,38+,42-,45+,49+;35-,38-,42+,45-,49-/m10/s1. The number of fused-ring (bicyclic) bond motifs is 6. The molecule has 120 heavy (non-hydrogen) atoms. The number of carbonyl (C=O) groups is 2. The van der Waals surface area contributed by atoms with Crippen LogP contribution in [0.1, 0.15) is 149 Å². The molecule has 2 amide bonds. The highest BCUT2D eigenvalue weighted by Crippen LogP contribution is 2.50. The SMILES string of the molecule is C=CC[C@@H](CO[Si](c1ccccc1)(c1ccccc1)C(C)(C)C)CS(=O)(=O)NC(=O)c1ccc2c(c1)N(C[C@@H]1CC[C@H]1[C@@H](O)C=C)C[C@@]1(CCCc3cc(Cl)ccc31)CO2.C=CC[C@H](CO[Si](c1ccccc1)(c1ccccc1)C(C)(C)C)CS(=O)(=O)NC(=O)c1ccc2c(c1)N(C[C@@H]1CC[C@H]1[C@@H](O)C=C)C[C@@]1(CCCc3cc(Cl)ccc31)CO2. The third-order valence-electron chi connectivity index (χ3n) is 26.1. The second kappa shape index (κ2) is 37.8. The van der Waals surface area contributed by atoms with Crippen LogP contribution in [0.2, 0.25) is 20.1 Å². The summed E-state index contributed by atoms with van der Waals surface area (Å²) in [5.41, 5.74) is 6.17. The molecule has 4 aliphatic carbocycles. The molecule has 2 saturated carbocycles. The summed E-state index contributed by atoms with van der Waals surface area (Å²) in [6, 6.07) is 63.6. The number of nitrogens with zero attached hydrogens (tertiary/aromatic N) is 2. The number of hydrogen-bond donors (Lipinski definition) is 4. The van der Waals surface area contributed by atoms with Crippen LogP contribution in [0.3, 0.4) is 0 Å². The number of anilines is 2. The van der Waals surface area contributed by atoms with E-state index in [0.717, 1.165) is 96.3 Å². The first-order chi connectivity index (χ1) is 57.4. The minimum absolute atomic E-state index is 0.0873. The molecule has 4 N–H and O–H groups in total. The highest BCUT2D eigenvalue weighted by molar-refractivity contribution is 7.90. The van der Waals surface area contributed by atoms with Gasteiger partial charge in [0.15, 0.2) is 0 Å². The molecule has 14 rings (SSSR count). The van der Waals surface area contributed by atoms with Crippen molar-refractivity contribution in [1.82, 2.24) is 9.44 Å². The van der Waals surface area contributed by atoms with Crippen LogP contribution in [0.25, 0.3) is 0 Å². The lowest BCUT2D eigenvalue weighted by Gasteiger charge is -2.45. The minimum atomic E-state index is -4.12. The Bertz CT molecular complexity index is 4810. The van der Waals surface area contributed by atoms with Gasteiger partial charge in [-0.15, -0.1) is 26.3 Å². The van der Waals surface area contributed by atoms with Crippen LogP contribution in [0, 0.1) is 35.5 Å². The topological polar surface area (TPSA) is 210 Å². The zero-order valence-corrected chi connectivity index (χ0v) is 75.4. The van der Waals surface area contributed by atoms with Gasteiger partial charge in [-0.1, -0.05) is 223 Å². The maximum atomic E-state index is 14.0. The number of allylic oxidation sites excluding steroid dienone is 2. The van der Waals surface area contributed by atoms with Crippen molar-refractivity contribution in [3.8, 4) is 11.5 Å². The summed E-state index contributed by atoms with van der Waals surface area (Å²) in [4.78, 5) is 32.6. The van der Waals surface area contributed by atoms with E-state index in [1.54, 1.807) is 60.7 Å². The molecule has 2 spiro atoms. The van der Waals surface area contributed by atoms with E-state index in [-0.39, 0.29) is 80.4 Å². The van der Waals surface area contributed by atoms with Crippen molar-refractivity contribution in [2.45, 2.75) is 152 Å². The number of aliphatic hydroxyl groups excluding tert-OH is 2. The van der Waals surface area contributed by atoms with Crippen molar-refractivity contribution in [2.75, 3.05) is 73.9 Å². The number of aryl methyl sites for hydroxylation is 2. The zero-order chi connectivity index (χ0) is 85.4. The number of sulfonamides is 2. The number of carbonyl (C=O) groups excluding carboxylic acids is 2. The molecule has 22 heteroatoms. The molecule has 0 unspecified atom stereocenters. The van der Waals surface area contributed by atoms with Gasteiger partial charge >= 0.3 is 0 Å². The second-order valence-corrected chi connectivity index (χ2v) is 49.2. The summed E-state index contributed by atoms with van der Waals surface area (Å²) in [5, 5.41) is 26.8. The largest absolute Gasteiger partial charge is 0.490 e. The van der Waals surface area contributed by atoms with Crippen LogP contribution in [0.5, 0.6) is 11.5 Å². The van der Waals surface area contributed by atoms with E-state index in [1.165, 1.54) is 22.3 Å². The molecule has 0 bridgehead atoms. The monoisotopic (exact) mass is 1730 g/mol. The molecule has 2 heterocycles. The van der Waals surface area contributed by atoms with E-state index >= 15 is 0 Å². The van der Waals surface area contributed by atoms with E-state index in [1.807, 2.05) is 84.9 Å². The molecule has 10 atom stereocenters. The lowest BCUT2D eigenvalue weighted by atomic mass is 9.68. The highest BCUT2D eigenvalue weighted by Gasteiger charge is 2.53. The van der Waals surface area contributed by atoms with Gasteiger partial charge in [-0.3, -0.25) is 9.59 Å². The van der Waals surface area contributed by atoms with E-state index < -0.39 is 72.5 Å². The van der Waals surface area contributed by atoms with Crippen molar-refractivity contribution < 1.29 is 55.0 Å². The van der Waals surface area contributed by atoms with Crippen molar-refractivity contribution >= 4 is 104 Å². The molecule has 2 fully saturated rings. The Morgan fingerprint density at radius 1 is 0.517 bits per heavy atom. The average molecular weight is 1740 g/mol. The predicted molar refractivity (Wildman–Crippen MR) is 492 cm³/mol. The van der Waals surface area contributed by atoms with Gasteiger partial charge in [-0.2, -0.15) is 0 Å². The number of nitrogens with one attached hydrogen (secondary N) is 2. The molecule has 8 aromatic carbocycles. The number of rotatable bonds is 30. The first kappa shape index (κ1) is 89.4. The maximum Gasteiger partial charge on any atom is 0.264 e. The van der Waals surface area contributed by atoms with Crippen LogP contribution in [-0.2, 0) is 52.6 Å². The van der Waals surface area contributed by atoms with Crippen molar-refractivity contribution in [3.05, 3.63) is 288 Å². The fraction of sp³-hybridized carbons (Fsp3) is 0.408. The van der Waals surface area contributed by atoms with E-state index in [4.69, 9.17) is 41.5 Å². The summed E-state index contributed by atoms with van der Waals surface area (Å²) in [5.74, 6) is -1.10. The molecule has 636 valence electrons. The Labute approximate surface area is 723 Å². The van der Waals surface area contributed by atoms with Crippen LogP contribution in [-0.4, -0.2) is 132 Å². The molecule has 8 aromatic rings. The quantitative estimate of drug-likeness (QED) is 0.0244. The maximum absolute atomic E-state index is 14.0. The summed E-state index contributed by atoms with van der Waals surface area (Å²) in [6.45, 7) is 32.5. The summed E-state index contributed by atoms with van der Waals surface area (Å²) < 4.78 is 88.1. The van der Waals surface area contributed by atoms with Crippen LogP contribution >= 0.6 is 23.2 Å². The van der Waals surface area contributed by atoms with Crippen LogP contribution in [0.4, 0.5) is 11.4 Å². The Hall–Kier alpha value is -8.39. The molecule has 2 aliphatic heterocycles. The molecule has 0 radical (unpaired) electrons. The molecule has 6 aliphatic rings. The predicted octanol–water partition coefficient (Wildman–Crippen LogP) is 16.4. The van der Waals surface area contributed by atoms with Gasteiger partial charge in [0, 0.05) is 83.2 Å². The first-order valence-corrected chi connectivity index (χ1v) is 50.3. The molecule has 0 aromatic heterocycles. The Morgan fingerprint density at radius 2 is 0.867 bits per heavy atom. The lowest BCUT2D eigenvalue weighted by molar-refractivity contribution is 0.0458. The van der Waals surface area contributed by atoms with Gasteiger partial charge in [0.25, 0.3) is 28.4 Å². The number of amides is 2. The van der Waals surface area contributed by atoms with Crippen molar-refractivity contribution in [3.63, 3.8) is 0 Å². The van der Waals surface area contributed by atoms with Crippen molar-refractivity contribution in [2.24, 2.45) is 35.5 Å². The molecular formula is C98H118Cl2N4O12S2Si2. The smallest absolute Gasteiger partial charge is 0.264 e. The number of benzene rings is 8. The summed E-state index contributed by atoms with van der Waals surface area (Å²) in [6.07, 6.45) is 15.7. The Balaban J connectivity index is 0.000000207. The van der Waals surface area contributed by atoms with Crippen LogP contribution < -0.4 is 49.5 Å². The molecule has 16 nitrogen and oxygen atoms in total. The number of hydrogen-bond acceptors (Lipinski definition) is 14. The summed E-state index contributed by atoms with van der Waals surface area (Å²) >= 11 is 12.9. The normalized spacial score (nSPS) is 21.3. The lowest BCUT2D eigenvalue weighted by Crippen LogP contribution is -2.67. The third-order valence-corrected chi connectivity index (χ3v) is 39.4. The summed E-state index contributed by atoms with van der Waals surface area (Å²) in [7, 11) is -14.1. The van der Waals surface area contributed by atoms with Gasteiger partial charge in [-0.25, -0.2) is 26.3 Å². The van der Waals surface area contributed by atoms with E-state index in [2.05, 4.69) is 160 Å². The van der Waals surface area contributed by atoms with Crippen molar-refractivity contribution in [1.29, 1.82) is 0 Å². The highest BCUT2D eigenvalue weighted by atomic mass is 35.5. The zero-order valence-electron chi connectivity index (χ0n) is 70.2. The Morgan fingerprint density at radius 3 is 1.18 bits per heavy atom. The molecular weight excluding hydrogens is 1620 g/mol. The van der Waals surface area contributed by atoms with Crippen LogP contribution in [0.15, 0.2) is 245 Å². The fourth-order valence-corrected chi connectivity index (χ4v) is 32.3. The number of aliphatic hydroxyl groups is 2. The second-order valence-electron chi connectivity index (χ2n) is 36.2. The first-order valence-electron chi connectivity index (χ1n) is 42.4. The van der Waals surface area contributed by atoms with Gasteiger partial charge in [0.2, 0.25) is 20.0 Å². The Kier molecular flexibility index (Phi) is 28.1. The van der Waals surface area contributed by atoms with E-state index in [9.17, 15) is 36.6 Å². The minimum Gasteiger partial charge on any atom is -0.490 e. The number of halogens is 2. The number of ether oxygens (including phenoxy) is 2. The molecule has 0 saturated heterocycles. The van der Waals surface area contributed by atoms with Gasteiger partial charge in [-0.05, 0) is 214 Å². The van der Waals surface area contributed by atoms with Gasteiger partial charge in [0.1, 0.15) is 11.5 Å². The average Bonchev–Trinajstić information content (AvgIpc) is 0.975.